The maximum atomic E-state index is 9.95. The molecule has 0 radical (unpaired) electrons. The number of isocyanates is 1. The molecule has 68 valence electrons. The predicted octanol–water partition coefficient (Wildman–Crippen LogP) is 0.862. The van der Waals surface area contributed by atoms with Crippen molar-refractivity contribution >= 4 is 6.08 Å². The Morgan fingerprint density at radius 2 is 2.33 bits per heavy atom. The molecule has 0 aromatic rings. The molecule has 1 aliphatic heterocycles. The Morgan fingerprint density at radius 1 is 1.67 bits per heavy atom. The Kier molecular flexibility index (Phi) is 2.62. The third-order valence-corrected chi connectivity index (χ3v) is 1.82. The van der Waals surface area contributed by atoms with E-state index in [-0.39, 0.29) is 12.1 Å². The van der Waals surface area contributed by atoms with Crippen LogP contribution in [-0.4, -0.2) is 30.6 Å². The summed E-state index contributed by atoms with van der Waals surface area (Å²) in [6.07, 6.45) is 1.39. The predicted molar refractivity (Wildman–Crippen MR) is 42.5 cm³/mol. The Balaban J connectivity index is 2.52. The van der Waals surface area contributed by atoms with Crippen LogP contribution in [0.4, 0.5) is 0 Å². The lowest BCUT2D eigenvalue weighted by molar-refractivity contribution is -0.139. The van der Waals surface area contributed by atoms with E-state index in [1.54, 1.807) is 6.92 Å². The van der Waals surface area contributed by atoms with Crippen LogP contribution in [0.25, 0.3) is 0 Å². The van der Waals surface area contributed by atoms with Crippen LogP contribution in [0.5, 0.6) is 0 Å². The van der Waals surface area contributed by atoms with E-state index in [0.717, 1.165) is 0 Å². The second-order valence-corrected chi connectivity index (χ2v) is 3.33. The van der Waals surface area contributed by atoms with Crippen molar-refractivity contribution in [1.29, 1.82) is 0 Å². The Morgan fingerprint density at radius 3 is 2.75 bits per heavy atom. The maximum Gasteiger partial charge on any atom is 0.235 e. The van der Waals surface area contributed by atoms with Gasteiger partial charge in [-0.05, 0) is 20.8 Å². The quantitative estimate of drug-likeness (QED) is 0.457. The van der Waals surface area contributed by atoms with Gasteiger partial charge in [0.15, 0.2) is 5.79 Å². The largest absolute Gasteiger partial charge is 0.348 e. The van der Waals surface area contributed by atoms with Gasteiger partial charge >= 0.3 is 0 Å². The van der Waals surface area contributed by atoms with E-state index in [9.17, 15) is 4.79 Å². The fraction of sp³-hybridized carbons (Fsp3) is 0.875. The van der Waals surface area contributed by atoms with Crippen molar-refractivity contribution in [3.63, 3.8) is 0 Å². The summed E-state index contributed by atoms with van der Waals surface area (Å²) >= 11 is 0. The standard InChI is InChI=1S/C8H13NO3/c1-6(9-5-10)7-4-11-8(2,3)12-7/h6-7H,4H2,1-3H3. The SMILES string of the molecule is CC(N=C=O)C1COC(C)(C)O1. The minimum atomic E-state index is -0.544. The highest BCUT2D eigenvalue weighted by Crippen LogP contribution is 2.24. The molecular weight excluding hydrogens is 158 g/mol. The van der Waals surface area contributed by atoms with Crippen molar-refractivity contribution in [3.8, 4) is 0 Å². The fourth-order valence-electron chi connectivity index (χ4n) is 1.12. The van der Waals surface area contributed by atoms with E-state index in [4.69, 9.17) is 9.47 Å². The van der Waals surface area contributed by atoms with Gasteiger partial charge in [0.25, 0.3) is 0 Å². The summed E-state index contributed by atoms with van der Waals surface area (Å²) in [7, 11) is 0. The molecule has 0 aliphatic carbocycles. The molecule has 0 aromatic carbocycles. The average Bonchev–Trinajstić information content (AvgIpc) is 2.31. The molecule has 0 bridgehead atoms. The van der Waals surface area contributed by atoms with Crippen LogP contribution in [0.3, 0.4) is 0 Å². The third kappa shape index (κ3) is 2.14. The molecule has 0 saturated carbocycles. The lowest BCUT2D eigenvalue weighted by Gasteiger charge is -2.18. The molecule has 2 atom stereocenters. The fourth-order valence-corrected chi connectivity index (χ4v) is 1.12. The summed E-state index contributed by atoms with van der Waals surface area (Å²) in [5.74, 6) is -0.544. The Hall–Kier alpha value is -0.700. The van der Waals surface area contributed by atoms with E-state index < -0.39 is 5.79 Å². The van der Waals surface area contributed by atoms with Crippen LogP contribution >= 0.6 is 0 Å². The lowest BCUT2D eigenvalue weighted by atomic mass is 10.2. The molecule has 1 rings (SSSR count). The number of ether oxygens (including phenoxy) is 2. The lowest BCUT2D eigenvalue weighted by Crippen LogP contribution is -2.27. The van der Waals surface area contributed by atoms with E-state index in [1.807, 2.05) is 13.8 Å². The topological polar surface area (TPSA) is 47.9 Å². The van der Waals surface area contributed by atoms with Crippen molar-refractivity contribution in [2.45, 2.75) is 38.7 Å². The maximum absolute atomic E-state index is 9.95. The van der Waals surface area contributed by atoms with Gasteiger partial charge in [-0.15, -0.1) is 0 Å². The first-order valence-corrected chi connectivity index (χ1v) is 3.94. The van der Waals surface area contributed by atoms with Gasteiger partial charge < -0.3 is 9.47 Å². The first-order valence-electron chi connectivity index (χ1n) is 3.94. The van der Waals surface area contributed by atoms with Crippen LogP contribution in [0.1, 0.15) is 20.8 Å². The molecule has 2 unspecified atom stereocenters. The zero-order valence-corrected chi connectivity index (χ0v) is 7.53. The molecule has 1 aliphatic rings. The van der Waals surface area contributed by atoms with Crippen molar-refractivity contribution in [1.82, 2.24) is 0 Å². The summed E-state index contributed by atoms with van der Waals surface area (Å²) in [6.45, 7) is 5.97. The van der Waals surface area contributed by atoms with Crippen molar-refractivity contribution in [3.05, 3.63) is 0 Å². The van der Waals surface area contributed by atoms with Crippen LogP contribution in [-0.2, 0) is 14.3 Å². The van der Waals surface area contributed by atoms with Gasteiger partial charge in [-0.2, -0.15) is 0 Å². The summed E-state index contributed by atoms with van der Waals surface area (Å²) in [4.78, 5) is 13.5. The zero-order chi connectivity index (χ0) is 9.19. The number of nitrogens with zero attached hydrogens (tertiary/aromatic N) is 1. The minimum Gasteiger partial charge on any atom is -0.348 e. The van der Waals surface area contributed by atoms with Gasteiger partial charge in [-0.3, -0.25) is 0 Å². The first kappa shape index (κ1) is 9.39. The molecule has 0 amide bonds. The van der Waals surface area contributed by atoms with Gasteiger partial charge in [0.05, 0.1) is 12.6 Å². The molecule has 1 fully saturated rings. The van der Waals surface area contributed by atoms with Crippen molar-refractivity contribution in [2.75, 3.05) is 6.61 Å². The number of hydrogen-bond acceptors (Lipinski definition) is 4. The zero-order valence-electron chi connectivity index (χ0n) is 7.53. The molecule has 4 heteroatoms. The number of aliphatic imine (C=N–C) groups is 1. The summed E-state index contributed by atoms with van der Waals surface area (Å²) < 4.78 is 10.8. The molecule has 12 heavy (non-hydrogen) atoms. The number of carbonyl (C=O) groups excluding carboxylic acids is 1. The Labute approximate surface area is 71.6 Å². The molecule has 1 saturated heterocycles. The van der Waals surface area contributed by atoms with Gasteiger partial charge in [-0.1, -0.05) is 0 Å². The molecule has 4 nitrogen and oxygen atoms in total. The molecule has 1 heterocycles. The van der Waals surface area contributed by atoms with Gasteiger partial charge in [0, 0.05) is 0 Å². The highest BCUT2D eigenvalue weighted by atomic mass is 16.7. The first-order chi connectivity index (χ1) is 5.55. The highest BCUT2D eigenvalue weighted by molar-refractivity contribution is 5.33. The summed E-state index contributed by atoms with van der Waals surface area (Å²) in [6, 6.07) is -0.177. The van der Waals surface area contributed by atoms with E-state index >= 15 is 0 Å². The molecule has 0 aromatic heterocycles. The Bertz CT molecular complexity index is 208. The van der Waals surface area contributed by atoms with Gasteiger partial charge in [0.1, 0.15) is 6.10 Å². The minimum absolute atomic E-state index is 0.124. The average molecular weight is 171 g/mol. The number of rotatable bonds is 2. The highest BCUT2D eigenvalue weighted by Gasteiger charge is 2.35. The number of hydrogen-bond donors (Lipinski definition) is 0. The second kappa shape index (κ2) is 3.35. The molecule has 0 N–H and O–H groups in total. The third-order valence-electron chi connectivity index (χ3n) is 1.82. The van der Waals surface area contributed by atoms with Crippen molar-refractivity contribution < 1.29 is 14.3 Å². The monoisotopic (exact) mass is 171 g/mol. The van der Waals surface area contributed by atoms with Crippen LogP contribution in [0.15, 0.2) is 4.99 Å². The van der Waals surface area contributed by atoms with E-state index in [1.165, 1.54) is 6.08 Å². The summed E-state index contributed by atoms with van der Waals surface area (Å²) in [5.41, 5.74) is 0. The van der Waals surface area contributed by atoms with Crippen molar-refractivity contribution in [2.24, 2.45) is 4.99 Å². The van der Waals surface area contributed by atoms with Gasteiger partial charge in [0.2, 0.25) is 6.08 Å². The van der Waals surface area contributed by atoms with E-state index in [0.29, 0.717) is 6.61 Å². The normalized spacial score (nSPS) is 29.4. The van der Waals surface area contributed by atoms with Gasteiger partial charge in [-0.25, -0.2) is 9.79 Å². The smallest absolute Gasteiger partial charge is 0.235 e. The molecule has 0 spiro atoms. The summed E-state index contributed by atoms with van der Waals surface area (Å²) in [5, 5.41) is 0. The van der Waals surface area contributed by atoms with Crippen LogP contribution in [0, 0.1) is 0 Å². The van der Waals surface area contributed by atoms with Crippen LogP contribution in [0.2, 0.25) is 0 Å². The van der Waals surface area contributed by atoms with Crippen LogP contribution < -0.4 is 0 Å². The second-order valence-electron chi connectivity index (χ2n) is 3.33. The molecular formula is C8H13NO3. The van der Waals surface area contributed by atoms with E-state index in [2.05, 4.69) is 4.99 Å².